The van der Waals surface area contributed by atoms with Crippen LogP contribution in [0.15, 0.2) is 49.1 Å². The van der Waals surface area contributed by atoms with Crippen molar-refractivity contribution in [3.05, 3.63) is 71.8 Å². The summed E-state index contributed by atoms with van der Waals surface area (Å²) in [5.74, 6) is 0.466. The summed E-state index contributed by atoms with van der Waals surface area (Å²) in [6.45, 7) is 2.04. The van der Waals surface area contributed by atoms with E-state index in [1.54, 1.807) is 24.7 Å². The molecule has 5 nitrogen and oxygen atoms in total. The van der Waals surface area contributed by atoms with E-state index < -0.39 is 0 Å². The molecule has 24 heavy (non-hydrogen) atoms. The van der Waals surface area contributed by atoms with Gasteiger partial charge in [-0.05, 0) is 24.3 Å². The Balaban J connectivity index is 1.53. The van der Waals surface area contributed by atoms with Crippen LogP contribution in [0.25, 0.3) is 11.4 Å². The zero-order valence-electron chi connectivity index (χ0n) is 13.1. The minimum absolute atomic E-state index is 0.257. The van der Waals surface area contributed by atoms with Crippen LogP contribution >= 0.6 is 0 Å². The van der Waals surface area contributed by atoms with E-state index in [0.717, 1.165) is 35.6 Å². The van der Waals surface area contributed by atoms with E-state index in [0.29, 0.717) is 18.8 Å². The number of hydrogen-bond acceptors (Lipinski definition) is 5. The number of halogens is 1. The molecule has 1 aliphatic rings. The Morgan fingerprint density at radius 1 is 1.08 bits per heavy atom. The predicted molar refractivity (Wildman–Crippen MR) is 87.3 cm³/mol. The Kier molecular flexibility index (Phi) is 3.96. The monoisotopic (exact) mass is 321 g/mol. The first-order valence-corrected chi connectivity index (χ1v) is 7.86. The number of rotatable bonds is 3. The lowest BCUT2D eigenvalue weighted by atomic mass is 10.1. The molecule has 3 aromatic rings. The van der Waals surface area contributed by atoms with Crippen LogP contribution in [0.2, 0.25) is 0 Å². The van der Waals surface area contributed by atoms with E-state index in [1.807, 2.05) is 18.3 Å². The minimum atomic E-state index is -0.257. The summed E-state index contributed by atoms with van der Waals surface area (Å²) in [4.78, 5) is 19.5. The Labute approximate surface area is 139 Å². The van der Waals surface area contributed by atoms with E-state index in [4.69, 9.17) is 0 Å². The summed E-state index contributed by atoms with van der Waals surface area (Å²) in [5, 5.41) is 0. The SMILES string of the molecule is Fc1cccnc1CN1CCc2nc(-c3ccncc3)ncc2C1. The Morgan fingerprint density at radius 3 is 2.79 bits per heavy atom. The molecule has 0 saturated heterocycles. The molecule has 0 saturated carbocycles. The molecular weight excluding hydrogens is 305 g/mol. The van der Waals surface area contributed by atoms with Gasteiger partial charge in [-0.3, -0.25) is 14.9 Å². The van der Waals surface area contributed by atoms with Crippen LogP contribution in [0.4, 0.5) is 4.39 Å². The second-order valence-corrected chi connectivity index (χ2v) is 5.79. The Hall–Kier alpha value is -2.73. The van der Waals surface area contributed by atoms with Crippen LogP contribution < -0.4 is 0 Å². The molecule has 0 bridgehead atoms. The van der Waals surface area contributed by atoms with Gasteiger partial charge in [0, 0.05) is 62.0 Å². The first-order valence-electron chi connectivity index (χ1n) is 7.86. The van der Waals surface area contributed by atoms with Gasteiger partial charge in [0.2, 0.25) is 0 Å². The molecule has 0 spiro atoms. The normalized spacial score (nSPS) is 14.4. The second-order valence-electron chi connectivity index (χ2n) is 5.79. The van der Waals surface area contributed by atoms with Gasteiger partial charge in [-0.2, -0.15) is 0 Å². The minimum Gasteiger partial charge on any atom is -0.293 e. The van der Waals surface area contributed by atoms with Gasteiger partial charge in [-0.25, -0.2) is 14.4 Å². The van der Waals surface area contributed by atoms with Crippen molar-refractivity contribution < 1.29 is 4.39 Å². The largest absolute Gasteiger partial charge is 0.293 e. The molecule has 120 valence electrons. The first kappa shape index (κ1) is 14.8. The van der Waals surface area contributed by atoms with Crippen LogP contribution in [0.5, 0.6) is 0 Å². The molecule has 0 N–H and O–H groups in total. The third-order valence-electron chi connectivity index (χ3n) is 4.16. The number of pyridine rings is 2. The average Bonchev–Trinajstić information content (AvgIpc) is 2.64. The molecule has 0 unspecified atom stereocenters. The fourth-order valence-corrected chi connectivity index (χ4v) is 2.90. The van der Waals surface area contributed by atoms with E-state index in [2.05, 4.69) is 24.8 Å². The lowest BCUT2D eigenvalue weighted by molar-refractivity contribution is 0.236. The highest BCUT2D eigenvalue weighted by atomic mass is 19.1. The molecule has 1 aliphatic heterocycles. The lowest BCUT2D eigenvalue weighted by Crippen LogP contribution is -2.31. The third kappa shape index (κ3) is 3.00. The number of aromatic nitrogens is 4. The first-order chi connectivity index (χ1) is 11.8. The Morgan fingerprint density at radius 2 is 1.96 bits per heavy atom. The van der Waals surface area contributed by atoms with Gasteiger partial charge in [-0.1, -0.05) is 0 Å². The predicted octanol–water partition coefficient (Wildman–Crippen LogP) is 2.63. The molecule has 3 aromatic heterocycles. The molecule has 6 heteroatoms. The molecule has 4 rings (SSSR count). The summed E-state index contributed by atoms with van der Waals surface area (Å²) in [6, 6.07) is 6.87. The Bertz CT molecular complexity index is 853. The second kappa shape index (κ2) is 6.41. The van der Waals surface area contributed by atoms with Crippen LogP contribution in [0.1, 0.15) is 17.0 Å². The maximum atomic E-state index is 13.8. The third-order valence-corrected chi connectivity index (χ3v) is 4.16. The van der Waals surface area contributed by atoms with Crippen molar-refractivity contribution in [2.75, 3.05) is 6.54 Å². The molecule has 0 aliphatic carbocycles. The zero-order valence-corrected chi connectivity index (χ0v) is 13.1. The van der Waals surface area contributed by atoms with Crippen LogP contribution in [0.3, 0.4) is 0 Å². The van der Waals surface area contributed by atoms with Crippen molar-refractivity contribution in [3.8, 4) is 11.4 Å². The van der Waals surface area contributed by atoms with Crippen LogP contribution in [0, 0.1) is 5.82 Å². The van der Waals surface area contributed by atoms with Gasteiger partial charge < -0.3 is 0 Å². The smallest absolute Gasteiger partial charge is 0.159 e. The van der Waals surface area contributed by atoms with Crippen LogP contribution in [-0.2, 0) is 19.5 Å². The van der Waals surface area contributed by atoms with Gasteiger partial charge in [0.1, 0.15) is 5.82 Å². The van der Waals surface area contributed by atoms with Crippen molar-refractivity contribution >= 4 is 0 Å². The van der Waals surface area contributed by atoms with E-state index in [1.165, 1.54) is 6.07 Å². The molecule has 0 aromatic carbocycles. The molecule has 4 heterocycles. The van der Waals surface area contributed by atoms with Gasteiger partial charge in [0.05, 0.1) is 11.4 Å². The van der Waals surface area contributed by atoms with Gasteiger partial charge in [-0.15, -0.1) is 0 Å². The van der Waals surface area contributed by atoms with E-state index >= 15 is 0 Å². The standard InChI is InChI=1S/C18H16FN5/c19-15-2-1-6-21-17(15)12-24-9-5-16-14(11-24)10-22-18(23-16)13-3-7-20-8-4-13/h1-4,6-8,10H,5,9,11-12H2. The van der Waals surface area contributed by atoms with Crippen molar-refractivity contribution in [2.24, 2.45) is 0 Å². The van der Waals surface area contributed by atoms with E-state index in [-0.39, 0.29) is 5.82 Å². The topological polar surface area (TPSA) is 54.8 Å². The number of hydrogen-bond donors (Lipinski definition) is 0. The highest BCUT2D eigenvalue weighted by Gasteiger charge is 2.20. The molecule has 0 radical (unpaired) electrons. The molecular formula is C18H16FN5. The van der Waals surface area contributed by atoms with Gasteiger partial charge in [0.25, 0.3) is 0 Å². The van der Waals surface area contributed by atoms with Crippen molar-refractivity contribution in [1.82, 2.24) is 24.8 Å². The van der Waals surface area contributed by atoms with E-state index in [9.17, 15) is 4.39 Å². The summed E-state index contributed by atoms with van der Waals surface area (Å²) in [6.07, 6.45) is 7.80. The lowest BCUT2D eigenvalue weighted by Gasteiger charge is -2.27. The molecule has 0 amide bonds. The maximum Gasteiger partial charge on any atom is 0.159 e. The van der Waals surface area contributed by atoms with Crippen molar-refractivity contribution in [3.63, 3.8) is 0 Å². The molecule has 0 fully saturated rings. The maximum absolute atomic E-state index is 13.8. The van der Waals surface area contributed by atoms with Crippen molar-refractivity contribution in [1.29, 1.82) is 0 Å². The fourth-order valence-electron chi connectivity index (χ4n) is 2.90. The number of fused-ring (bicyclic) bond motifs is 1. The molecule has 0 atom stereocenters. The number of nitrogens with zero attached hydrogens (tertiary/aromatic N) is 5. The summed E-state index contributed by atoms with van der Waals surface area (Å²) >= 11 is 0. The zero-order chi connectivity index (χ0) is 16.4. The quantitative estimate of drug-likeness (QED) is 0.742. The summed E-state index contributed by atoms with van der Waals surface area (Å²) in [5.41, 5.74) is 3.60. The average molecular weight is 321 g/mol. The highest BCUT2D eigenvalue weighted by Crippen LogP contribution is 2.21. The van der Waals surface area contributed by atoms with Gasteiger partial charge in [0.15, 0.2) is 5.82 Å². The van der Waals surface area contributed by atoms with Crippen LogP contribution in [-0.4, -0.2) is 31.4 Å². The summed E-state index contributed by atoms with van der Waals surface area (Å²) < 4.78 is 13.8. The fraction of sp³-hybridized carbons (Fsp3) is 0.222. The summed E-state index contributed by atoms with van der Waals surface area (Å²) in [7, 11) is 0. The highest BCUT2D eigenvalue weighted by molar-refractivity contribution is 5.54. The van der Waals surface area contributed by atoms with Gasteiger partial charge >= 0.3 is 0 Å². The van der Waals surface area contributed by atoms with Crippen molar-refractivity contribution in [2.45, 2.75) is 19.5 Å².